The van der Waals surface area contributed by atoms with Crippen molar-refractivity contribution in [2.75, 3.05) is 6.61 Å². The molecule has 1 N–H and O–H groups in total. The van der Waals surface area contributed by atoms with Crippen molar-refractivity contribution in [3.05, 3.63) is 33.8 Å². The van der Waals surface area contributed by atoms with Crippen LogP contribution in [0.1, 0.15) is 29.5 Å². The number of aromatic amines is 1. The number of esters is 1. The molecule has 0 aliphatic heterocycles. The predicted octanol–water partition coefficient (Wildman–Crippen LogP) is 2.24. The van der Waals surface area contributed by atoms with Gasteiger partial charge in [-0.2, -0.15) is 0 Å². The molecule has 2 heterocycles. The van der Waals surface area contributed by atoms with Gasteiger partial charge in [0, 0.05) is 23.1 Å². The van der Waals surface area contributed by atoms with Gasteiger partial charge < -0.3 is 9.15 Å². The first kappa shape index (κ1) is 12.3. The summed E-state index contributed by atoms with van der Waals surface area (Å²) in [6.45, 7) is 1.74. The van der Waals surface area contributed by atoms with Gasteiger partial charge in [-0.15, -0.1) is 0 Å². The van der Waals surface area contributed by atoms with Crippen LogP contribution in [-0.4, -0.2) is 17.6 Å². The molecule has 18 heavy (non-hydrogen) atoms. The topological polar surface area (TPSA) is 72.3 Å². The summed E-state index contributed by atoms with van der Waals surface area (Å²) in [4.78, 5) is 24.8. The number of ether oxygens (including phenoxy) is 1. The SMILES string of the molecule is CCOC(=O)c1cc2c(C(F)F)cc(=O)[nH]c2o1. The first-order valence-electron chi connectivity index (χ1n) is 5.15. The van der Waals surface area contributed by atoms with Crippen LogP contribution in [0.15, 0.2) is 21.3 Å². The molecule has 5 nitrogen and oxygen atoms in total. The summed E-state index contributed by atoms with van der Waals surface area (Å²) < 4.78 is 35.1. The number of nitrogens with one attached hydrogen (secondary N) is 1. The van der Waals surface area contributed by atoms with E-state index >= 15 is 0 Å². The second kappa shape index (κ2) is 4.59. The fraction of sp³-hybridized carbons (Fsp3) is 0.273. The van der Waals surface area contributed by atoms with Crippen LogP contribution in [0, 0.1) is 0 Å². The van der Waals surface area contributed by atoms with Gasteiger partial charge in [0.05, 0.1) is 6.61 Å². The minimum Gasteiger partial charge on any atom is -0.460 e. The molecule has 0 spiro atoms. The number of H-pyrrole nitrogens is 1. The average Bonchev–Trinajstić information content (AvgIpc) is 2.71. The van der Waals surface area contributed by atoms with Crippen LogP contribution in [0.25, 0.3) is 11.1 Å². The molecular weight excluding hydrogens is 248 g/mol. The quantitative estimate of drug-likeness (QED) is 0.856. The molecule has 0 unspecified atom stereocenters. The number of aromatic nitrogens is 1. The number of alkyl halides is 2. The van der Waals surface area contributed by atoms with Crippen molar-refractivity contribution in [2.45, 2.75) is 13.3 Å². The highest BCUT2D eigenvalue weighted by atomic mass is 19.3. The smallest absolute Gasteiger partial charge is 0.374 e. The minimum absolute atomic E-state index is 0.00680. The summed E-state index contributed by atoms with van der Waals surface area (Å²) in [6.07, 6.45) is -2.83. The second-order valence-electron chi connectivity index (χ2n) is 3.46. The summed E-state index contributed by atoms with van der Waals surface area (Å²) >= 11 is 0. The molecule has 2 aromatic rings. The van der Waals surface area contributed by atoms with Crippen molar-refractivity contribution < 1.29 is 22.7 Å². The van der Waals surface area contributed by atoms with Crippen molar-refractivity contribution in [1.29, 1.82) is 0 Å². The van der Waals surface area contributed by atoms with Crippen LogP contribution in [-0.2, 0) is 4.74 Å². The van der Waals surface area contributed by atoms with Crippen LogP contribution in [0.5, 0.6) is 0 Å². The van der Waals surface area contributed by atoms with Crippen molar-refractivity contribution in [1.82, 2.24) is 4.98 Å². The van der Waals surface area contributed by atoms with E-state index in [4.69, 9.17) is 4.42 Å². The fourth-order valence-corrected chi connectivity index (χ4v) is 1.55. The van der Waals surface area contributed by atoms with Crippen LogP contribution in [0.3, 0.4) is 0 Å². The van der Waals surface area contributed by atoms with Crippen molar-refractivity contribution >= 4 is 17.1 Å². The van der Waals surface area contributed by atoms with E-state index in [2.05, 4.69) is 9.72 Å². The van der Waals surface area contributed by atoms with Gasteiger partial charge in [-0.1, -0.05) is 0 Å². The second-order valence-corrected chi connectivity index (χ2v) is 3.46. The molecule has 0 aliphatic rings. The summed E-state index contributed by atoms with van der Waals surface area (Å²) in [5, 5.41) is -0.00680. The molecular formula is C11H9F2NO4. The molecule has 0 radical (unpaired) electrons. The Morgan fingerprint density at radius 2 is 2.22 bits per heavy atom. The van der Waals surface area contributed by atoms with Crippen LogP contribution < -0.4 is 5.56 Å². The third-order valence-electron chi connectivity index (χ3n) is 2.28. The Kier molecular flexibility index (Phi) is 3.14. The van der Waals surface area contributed by atoms with Crippen LogP contribution in [0.2, 0.25) is 0 Å². The molecule has 0 atom stereocenters. The van der Waals surface area contributed by atoms with E-state index in [0.717, 1.165) is 12.1 Å². The first-order chi connectivity index (χ1) is 8.52. The zero-order valence-electron chi connectivity index (χ0n) is 9.33. The zero-order valence-corrected chi connectivity index (χ0v) is 9.33. The van der Waals surface area contributed by atoms with E-state index in [0.29, 0.717) is 0 Å². The highest BCUT2D eigenvalue weighted by Crippen LogP contribution is 2.27. The fourth-order valence-electron chi connectivity index (χ4n) is 1.55. The van der Waals surface area contributed by atoms with E-state index < -0.39 is 23.5 Å². The zero-order chi connectivity index (χ0) is 13.3. The Balaban J connectivity index is 2.60. The Labute approximate surface area is 99.4 Å². The molecule has 0 aliphatic carbocycles. The van der Waals surface area contributed by atoms with Gasteiger partial charge in [-0.3, -0.25) is 9.78 Å². The van der Waals surface area contributed by atoms with Gasteiger partial charge in [0.15, 0.2) is 0 Å². The lowest BCUT2D eigenvalue weighted by atomic mass is 10.2. The first-order valence-corrected chi connectivity index (χ1v) is 5.15. The normalized spacial score (nSPS) is 11.1. The molecule has 0 saturated heterocycles. The molecule has 2 rings (SSSR count). The maximum atomic E-state index is 12.7. The average molecular weight is 257 g/mol. The number of carbonyl (C=O) groups is 1. The Morgan fingerprint density at radius 3 is 2.83 bits per heavy atom. The standard InChI is InChI=1S/C11H9F2NO4/c1-2-17-11(16)7-3-6-5(9(12)13)4-8(15)14-10(6)18-7/h3-4,9H,2H2,1H3,(H,14,15). The van der Waals surface area contributed by atoms with E-state index in [-0.39, 0.29) is 23.5 Å². The molecule has 2 aromatic heterocycles. The third-order valence-corrected chi connectivity index (χ3v) is 2.28. The van der Waals surface area contributed by atoms with E-state index in [1.165, 1.54) is 0 Å². The summed E-state index contributed by atoms with van der Waals surface area (Å²) in [5.41, 5.74) is -1.36. The van der Waals surface area contributed by atoms with Gasteiger partial charge >= 0.3 is 5.97 Å². The van der Waals surface area contributed by atoms with Crippen molar-refractivity contribution in [3.63, 3.8) is 0 Å². The summed E-state index contributed by atoms with van der Waals surface area (Å²) in [5.74, 6) is -0.995. The largest absolute Gasteiger partial charge is 0.460 e. The van der Waals surface area contributed by atoms with E-state index in [1.54, 1.807) is 6.92 Å². The molecule has 0 saturated carbocycles. The van der Waals surface area contributed by atoms with Gasteiger partial charge in [-0.25, -0.2) is 13.6 Å². The third kappa shape index (κ3) is 2.11. The number of hydrogen-bond acceptors (Lipinski definition) is 4. The van der Waals surface area contributed by atoms with Gasteiger partial charge in [0.2, 0.25) is 11.5 Å². The number of furan rings is 1. The number of rotatable bonds is 3. The van der Waals surface area contributed by atoms with E-state index in [1.807, 2.05) is 0 Å². The van der Waals surface area contributed by atoms with Gasteiger partial charge in [-0.05, 0) is 6.92 Å². The van der Waals surface area contributed by atoms with Crippen molar-refractivity contribution in [3.8, 4) is 0 Å². The van der Waals surface area contributed by atoms with E-state index in [9.17, 15) is 18.4 Å². The van der Waals surface area contributed by atoms with Crippen LogP contribution >= 0.6 is 0 Å². The number of halogens is 2. The molecule has 0 amide bonds. The lowest BCUT2D eigenvalue weighted by molar-refractivity contribution is 0.0492. The highest BCUT2D eigenvalue weighted by molar-refractivity contribution is 5.92. The number of fused-ring (bicyclic) bond motifs is 1. The number of carbonyl (C=O) groups excluding carboxylic acids is 1. The Bertz CT molecular complexity index is 644. The number of pyridine rings is 1. The monoisotopic (exact) mass is 257 g/mol. The van der Waals surface area contributed by atoms with Gasteiger partial charge in [0.1, 0.15) is 0 Å². The Morgan fingerprint density at radius 1 is 1.50 bits per heavy atom. The van der Waals surface area contributed by atoms with Crippen LogP contribution in [0.4, 0.5) is 8.78 Å². The van der Waals surface area contributed by atoms with Gasteiger partial charge in [0.25, 0.3) is 12.0 Å². The molecule has 0 fully saturated rings. The predicted molar refractivity (Wildman–Crippen MR) is 57.7 cm³/mol. The highest BCUT2D eigenvalue weighted by Gasteiger charge is 2.20. The minimum atomic E-state index is -2.83. The van der Waals surface area contributed by atoms with Crippen molar-refractivity contribution in [2.24, 2.45) is 0 Å². The lowest BCUT2D eigenvalue weighted by Gasteiger charge is -1.98. The maximum Gasteiger partial charge on any atom is 0.374 e. The Hall–Kier alpha value is -2.18. The lowest BCUT2D eigenvalue weighted by Crippen LogP contribution is -2.05. The molecule has 0 bridgehead atoms. The molecule has 7 heteroatoms. The molecule has 96 valence electrons. The maximum absolute atomic E-state index is 12.7. The molecule has 0 aromatic carbocycles. The summed E-state index contributed by atoms with van der Waals surface area (Å²) in [7, 11) is 0. The summed E-state index contributed by atoms with van der Waals surface area (Å²) in [6, 6.07) is 1.90. The number of hydrogen-bond donors (Lipinski definition) is 1.